The minimum atomic E-state index is -0.257. The summed E-state index contributed by atoms with van der Waals surface area (Å²) in [7, 11) is 0. The van der Waals surface area contributed by atoms with Crippen molar-refractivity contribution in [2.75, 3.05) is 19.3 Å². The maximum atomic E-state index is 10.3. The van der Waals surface area contributed by atoms with Crippen molar-refractivity contribution in [1.82, 2.24) is 4.90 Å². The van der Waals surface area contributed by atoms with Gasteiger partial charge in [-0.15, -0.1) is 11.8 Å². The predicted molar refractivity (Wildman–Crippen MR) is 76.5 cm³/mol. The van der Waals surface area contributed by atoms with Gasteiger partial charge in [0.15, 0.2) is 0 Å². The normalized spacial score (nSPS) is 29.0. The molecule has 1 unspecified atom stereocenters. The highest BCUT2D eigenvalue weighted by Crippen LogP contribution is 2.35. The van der Waals surface area contributed by atoms with Crippen molar-refractivity contribution in [1.29, 1.82) is 0 Å². The van der Waals surface area contributed by atoms with E-state index >= 15 is 0 Å². The van der Waals surface area contributed by atoms with E-state index in [0.717, 1.165) is 31.6 Å². The number of thioether (sulfide) groups is 1. The summed E-state index contributed by atoms with van der Waals surface area (Å²) in [5.74, 6) is 0.478. The van der Waals surface area contributed by atoms with Gasteiger partial charge in [-0.1, -0.05) is 12.1 Å². The number of aliphatic hydroxyl groups is 1. The molecule has 0 aromatic heterocycles. The van der Waals surface area contributed by atoms with Crippen molar-refractivity contribution in [3.8, 4) is 0 Å². The van der Waals surface area contributed by atoms with Gasteiger partial charge in [-0.2, -0.15) is 0 Å². The Morgan fingerprint density at radius 1 is 1.22 bits per heavy atom. The molecule has 0 aliphatic carbocycles. The van der Waals surface area contributed by atoms with Crippen molar-refractivity contribution >= 4 is 17.8 Å². The lowest BCUT2D eigenvalue weighted by Crippen LogP contribution is -2.48. The highest BCUT2D eigenvalue weighted by molar-refractivity contribution is 7.98. The molecule has 3 heteroatoms. The number of aliphatic hydroxyl groups excluding tert-OH is 1. The number of hydrogen-bond donors (Lipinski definition) is 1. The van der Waals surface area contributed by atoms with Crippen LogP contribution in [-0.4, -0.2) is 35.5 Å². The van der Waals surface area contributed by atoms with E-state index < -0.39 is 0 Å². The SMILES string of the molecule is CSc1ccc(/C=C2/C(O)C3CCN2CC3)cc1. The molecule has 1 aromatic rings. The largest absolute Gasteiger partial charge is 0.387 e. The summed E-state index contributed by atoms with van der Waals surface area (Å²) in [6.07, 6.45) is 6.27. The Morgan fingerprint density at radius 2 is 1.89 bits per heavy atom. The van der Waals surface area contributed by atoms with Gasteiger partial charge in [-0.05, 0) is 48.8 Å². The zero-order chi connectivity index (χ0) is 12.5. The molecule has 18 heavy (non-hydrogen) atoms. The van der Waals surface area contributed by atoms with Crippen LogP contribution in [0, 0.1) is 5.92 Å². The van der Waals surface area contributed by atoms with Gasteiger partial charge >= 0.3 is 0 Å². The molecule has 0 spiro atoms. The highest BCUT2D eigenvalue weighted by Gasteiger charge is 2.36. The van der Waals surface area contributed by atoms with Crippen molar-refractivity contribution in [3.05, 3.63) is 35.5 Å². The summed E-state index contributed by atoms with van der Waals surface area (Å²) in [5.41, 5.74) is 2.31. The van der Waals surface area contributed by atoms with Crippen molar-refractivity contribution in [2.45, 2.75) is 23.8 Å². The fourth-order valence-corrected chi connectivity index (χ4v) is 3.36. The number of benzene rings is 1. The lowest BCUT2D eigenvalue weighted by atomic mass is 9.83. The van der Waals surface area contributed by atoms with Crippen LogP contribution in [-0.2, 0) is 0 Å². The molecule has 1 atom stereocenters. The number of rotatable bonds is 2. The summed E-state index contributed by atoms with van der Waals surface area (Å²) in [6.45, 7) is 2.22. The van der Waals surface area contributed by atoms with E-state index in [-0.39, 0.29) is 6.10 Å². The molecule has 3 heterocycles. The fraction of sp³-hybridized carbons (Fsp3) is 0.467. The summed E-state index contributed by atoms with van der Waals surface area (Å²) < 4.78 is 0. The summed E-state index contributed by atoms with van der Waals surface area (Å²) in [4.78, 5) is 3.62. The molecule has 3 saturated heterocycles. The van der Waals surface area contributed by atoms with Crippen LogP contribution in [0.2, 0.25) is 0 Å². The van der Waals surface area contributed by atoms with Gasteiger partial charge in [-0.3, -0.25) is 0 Å². The zero-order valence-corrected chi connectivity index (χ0v) is 11.5. The fourth-order valence-electron chi connectivity index (χ4n) is 2.95. The minimum absolute atomic E-state index is 0.257. The number of piperidine rings is 3. The van der Waals surface area contributed by atoms with Gasteiger partial charge in [0.2, 0.25) is 0 Å². The second kappa shape index (κ2) is 4.98. The van der Waals surface area contributed by atoms with Crippen molar-refractivity contribution < 1.29 is 5.11 Å². The Hall–Kier alpha value is -0.930. The average Bonchev–Trinajstić information content (AvgIpc) is 2.44. The molecule has 3 fully saturated rings. The Kier molecular flexibility index (Phi) is 3.35. The lowest BCUT2D eigenvalue weighted by Gasteiger charge is -2.45. The Morgan fingerprint density at radius 3 is 2.44 bits per heavy atom. The van der Waals surface area contributed by atoms with Crippen LogP contribution in [0.25, 0.3) is 6.08 Å². The van der Waals surface area contributed by atoms with Crippen LogP contribution in [0.5, 0.6) is 0 Å². The molecule has 2 nitrogen and oxygen atoms in total. The molecule has 2 bridgehead atoms. The van der Waals surface area contributed by atoms with Crippen LogP contribution in [0.3, 0.4) is 0 Å². The third-order valence-corrected chi connectivity index (χ3v) is 4.83. The number of nitrogens with zero attached hydrogens (tertiary/aromatic N) is 1. The first kappa shape index (κ1) is 12.1. The lowest BCUT2D eigenvalue weighted by molar-refractivity contribution is 0.0215. The first-order valence-corrected chi connectivity index (χ1v) is 7.79. The van der Waals surface area contributed by atoms with Crippen molar-refractivity contribution in [2.24, 2.45) is 5.92 Å². The average molecular weight is 261 g/mol. The monoisotopic (exact) mass is 261 g/mol. The molecular weight excluding hydrogens is 242 g/mol. The predicted octanol–water partition coefficient (Wildman–Crippen LogP) is 2.84. The molecule has 1 N–H and O–H groups in total. The Bertz CT molecular complexity index is 442. The third-order valence-electron chi connectivity index (χ3n) is 4.08. The molecule has 3 aliphatic rings. The van der Waals surface area contributed by atoms with Crippen LogP contribution in [0.4, 0.5) is 0 Å². The molecule has 3 aliphatic heterocycles. The van der Waals surface area contributed by atoms with E-state index in [4.69, 9.17) is 0 Å². The number of fused-ring (bicyclic) bond motifs is 3. The standard InChI is InChI=1S/C15H19NOS/c1-18-13-4-2-11(3-5-13)10-14-15(17)12-6-8-16(14)9-7-12/h2-5,10,12,15,17H,6-9H2,1H3/b14-10-. The van der Waals surface area contributed by atoms with Gasteiger partial charge in [0, 0.05) is 23.7 Å². The van der Waals surface area contributed by atoms with Crippen LogP contribution in [0.15, 0.2) is 34.9 Å². The van der Waals surface area contributed by atoms with Crippen LogP contribution < -0.4 is 0 Å². The molecular formula is C15H19NOS. The summed E-state index contributed by atoms with van der Waals surface area (Å²) in [5, 5.41) is 10.3. The van der Waals surface area contributed by atoms with E-state index in [1.165, 1.54) is 10.5 Å². The molecule has 96 valence electrons. The van der Waals surface area contributed by atoms with Crippen LogP contribution >= 0.6 is 11.8 Å². The van der Waals surface area contributed by atoms with Crippen molar-refractivity contribution in [3.63, 3.8) is 0 Å². The Labute approximate surface area is 113 Å². The minimum Gasteiger partial charge on any atom is -0.387 e. The first-order valence-electron chi connectivity index (χ1n) is 6.56. The van der Waals surface area contributed by atoms with E-state index in [0.29, 0.717) is 5.92 Å². The van der Waals surface area contributed by atoms with Gasteiger partial charge < -0.3 is 10.0 Å². The quantitative estimate of drug-likeness (QED) is 0.828. The first-order chi connectivity index (χ1) is 8.78. The number of hydrogen-bond acceptors (Lipinski definition) is 3. The van der Waals surface area contributed by atoms with Gasteiger partial charge in [0.25, 0.3) is 0 Å². The molecule has 0 radical (unpaired) electrons. The summed E-state index contributed by atoms with van der Waals surface area (Å²) in [6, 6.07) is 8.55. The smallest absolute Gasteiger partial charge is 0.0965 e. The highest BCUT2D eigenvalue weighted by atomic mass is 32.2. The van der Waals surface area contributed by atoms with Gasteiger partial charge in [0.05, 0.1) is 6.10 Å². The second-order valence-electron chi connectivity index (χ2n) is 5.11. The van der Waals surface area contributed by atoms with Gasteiger partial charge in [0.1, 0.15) is 0 Å². The van der Waals surface area contributed by atoms with E-state index in [9.17, 15) is 5.11 Å². The molecule has 0 amide bonds. The molecule has 4 rings (SSSR count). The molecule has 0 saturated carbocycles. The summed E-state index contributed by atoms with van der Waals surface area (Å²) >= 11 is 1.76. The van der Waals surface area contributed by atoms with E-state index in [1.807, 2.05) is 0 Å². The van der Waals surface area contributed by atoms with Crippen LogP contribution in [0.1, 0.15) is 18.4 Å². The maximum absolute atomic E-state index is 10.3. The zero-order valence-electron chi connectivity index (χ0n) is 10.7. The molecule has 1 aromatic carbocycles. The van der Waals surface area contributed by atoms with E-state index in [2.05, 4.69) is 41.5 Å². The third kappa shape index (κ3) is 2.17. The second-order valence-corrected chi connectivity index (χ2v) is 5.99. The van der Waals surface area contributed by atoms with Gasteiger partial charge in [-0.25, -0.2) is 0 Å². The van der Waals surface area contributed by atoms with E-state index in [1.54, 1.807) is 11.8 Å². The maximum Gasteiger partial charge on any atom is 0.0965 e. The Balaban J connectivity index is 1.86. The topological polar surface area (TPSA) is 23.5 Å².